The average Bonchev–Trinajstić information content (AvgIpc) is 2.93. The van der Waals surface area contributed by atoms with E-state index in [9.17, 15) is 22.8 Å². The molecule has 1 aromatic heterocycles. The van der Waals surface area contributed by atoms with Crippen LogP contribution in [0.2, 0.25) is 5.02 Å². The Labute approximate surface area is 163 Å². The van der Waals surface area contributed by atoms with Gasteiger partial charge < -0.3 is 5.32 Å². The number of halogens is 4. The molecule has 0 saturated carbocycles. The van der Waals surface area contributed by atoms with Gasteiger partial charge in [-0.05, 0) is 37.1 Å². The van der Waals surface area contributed by atoms with Crippen LogP contribution in [0.1, 0.15) is 24.7 Å². The number of anilines is 1. The highest BCUT2D eigenvalue weighted by Gasteiger charge is 2.39. The minimum atomic E-state index is -4.68. The maximum absolute atomic E-state index is 12.9. The molecule has 2 heterocycles. The van der Waals surface area contributed by atoms with Crippen molar-refractivity contribution in [3.8, 4) is 0 Å². The normalized spacial score (nSPS) is 16.3. The van der Waals surface area contributed by atoms with Crippen molar-refractivity contribution >= 4 is 23.2 Å². The van der Waals surface area contributed by atoms with Crippen LogP contribution in [0.15, 0.2) is 29.1 Å². The molecule has 28 heavy (non-hydrogen) atoms. The molecule has 1 fully saturated rings. The van der Waals surface area contributed by atoms with Crippen LogP contribution in [-0.4, -0.2) is 44.8 Å². The van der Waals surface area contributed by atoms with Crippen LogP contribution < -0.4 is 11.0 Å². The molecule has 1 aromatic carbocycles. The monoisotopic (exact) mass is 417 g/mol. The zero-order valence-corrected chi connectivity index (χ0v) is 15.8. The highest BCUT2D eigenvalue weighted by molar-refractivity contribution is 6.30. The van der Waals surface area contributed by atoms with Gasteiger partial charge in [0.1, 0.15) is 0 Å². The molecule has 7 nitrogen and oxygen atoms in total. The van der Waals surface area contributed by atoms with Crippen LogP contribution in [0, 0.1) is 0 Å². The molecule has 0 radical (unpaired) electrons. The Bertz CT molecular complexity index is 899. The molecule has 11 heteroatoms. The van der Waals surface area contributed by atoms with Crippen molar-refractivity contribution < 1.29 is 18.0 Å². The smallest absolute Gasteiger partial charge is 0.325 e. The summed E-state index contributed by atoms with van der Waals surface area (Å²) in [6.07, 6.45) is -3.81. The van der Waals surface area contributed by atoms with Crippen LogP contribution in [-0.2, 0) is 18.0 Å². The molecule has 0 aliphatic carbocycles. The van der Waals surface area contributed by atoms with E-state index in [0.29, 0.717) is 41.2 Å². The number of carbonyl (C=O) groups is 1. The van der Waals surface area contributed by atoms with Crippen molar-refractivity contribution in [3.63, 3.8) is 0 Å². The van der Waals surface area contributed by atoms with Crippen molar-refractivity contribution in [2.75, 3.05) is 25.0 Å². The molecular weight excluding hydrogens is 399 g/mol. The molecule has 0 atom stereocenters. The van der Waals surface area contributed by atoms with E-state index < -0.39 is 23.7 Å². The summed E-state index contributed by atoms with van der Waals surface area (Å²) in [4.78, 5) is 26.1. The van der Waals surface area contributed by atoms with E-state index in [1.807, 2.05) is 4.90 Å². The Morgan fingerprint density at radius 1 is 1.25 bits per heavy atom. The van der Waals surface area contributed by atoms with Gasteiger partial charge in [-0.25, -0.2) is 9.48 Å². The molecule has 0 bridgehead atoms. The molecule has 152 valence electrons. The number of aromatic nitrogens is 3. The van der Waals surface area contributed by atoms with Gasteiger partial charge >= 0.3 is 11.9 Å². The van der Waals surface area contributed by atoms with Crippen molar-refractivity contribution in [1.82, 2.24) is 19.2 Å². The fraction of sp³-hybridized carbons (Fsp3) is 0.471. The summed E-state index contributed by atoms with van der Waals surface area (Å²) in [6, 6.07) is 6.30. The Morgan fingerprint density at radius 2 is 1.86 bits per heavy atom. The molecule has 1 amide bonds. The molecule has 1 saturated heterocycles. The lowest BCUT2D eigenvalue weighted by Crippen LogP contribution is -2.41. The van der Waals surface area contributed by atoms with Gasteiger partial charge in [-0.3, -0.25) is 14.3 Å². The van der Waals surface area contributed by atoms with Gasteiger partial charge in [0.05, 0.1) is 12.6 Å². The fourth-order valence-electron chi connectivity index (χ4n) is 3.20. The highest BCUT2D eigenvalue weighted by atomic mass is 35.5. The van der Waals surface area contributed by atoms with Crippen molar-refractivity contribution in [3.05, 3.63) is 45.6 Å². The van der Waals surface area contributed by atoms with E-state index in [1.165, 1.54) is 0 Å². The number of alkyl halides is 3. The second-order valence-electron chi connectivity index (χ2n) is 6.67. The minimum absolute atomic E-state index is 0.153. The van der Waals surface area contributed by atoms with Gasteiger partial charge in [0.2, 0.25) is 11.7 Å². The number of hydrogen-bond acceptors (Lipinski definition) is 4. The number of carbonyl (C=O) groups excluding carboxylic acids is 1. The quantitative estimate of drug-likeness (QED) is 0.829. The van der Waals surface area contributed by atoms with E-state index in [2.05, 4.69) is 10.4 Å². The first-order valence-corrected chi connectivity index (χ1v) is 9.03. The molecule has 0 unspecified atom stereocenters. The summed E-state index contributed by atoms with van der Waals surface area (Å²) in [5.41, 5.74) is -0.157. The van der Waals surface area contributed by atoms with Crippen LogP contribution >= 0.6 is 11.6 Å². The summed E-state index contributed by atoms with van der Waals surface area (Å²) < 4.78 is 40.2. The van der Waals surface area contributed by atoms with E-state index in [4.69, 9.17) is 11.6 Å². The highest BCUT2D eigenvalue weighted by Crippen LogP contribution is 2.28. The number of rotatable bonds is 4. The SMILES string of the molecule is Cn1c(C(F)(F)F)nn(C2CCN(CC(=O)Nc3ccc(Cl)cc3)CC2)c1=O. The molecule has 3 rings (SSSR count). The summed E-state index contributed by atoms with van der Waals surface area (Å²) in [5.74, 6) is -1.41. The van der Waals surface area contributed by atoms with Gasteiger partial charge in [-0.1, -0.05) is 11.6 Å². The summed E-state index contributed by atoms with van der Waals surface area (Å²) >= 11 is 5.80. The Morgan fingerprint density at radius 3 is 2.39 bits per heavy atom. The van der Waals surface area contributed by atoms with Crippen molar-refractivity contribution in [2.24, 2.45) is 7.05 Å². The van der Waals surface area contributed by atoms with Crippen LogP contribution in [0.25, 0.3) is 0 Å². The third-order valence-corrected chi connectivity index (χ3v) is 4.91. The topological polar surface area (TPSA) is 72.2 Å². The van der Waals surface area contributed by atoms with Crippen LogP contribution in [0.5, 0.6) is 0 Å². The van der Waals surface area contributed by atoms with Crippen molar-refractivity contribution in [1.29, 1.82) is 0 Å². The third-order valence-electron chi connectivity index (χ3n) is 4.65. The number of amides is 1. The van der Waals surface area contributed by atoms with Gasteiger partial charge in [-0.2, -0.15) is 13.2 Å². The predicted molar refractivity (Wildman–Crippen MR) is 97.3 cm³/mol. The summed E-state index contributed by atoms with van der Waals surface area (Å²) in [6.45, 7) is 1.10. The summed E-state index contributed by atoms with van der Waals surface area (Å²) in [5, 5.41) is 6.82. The molecule has 1 aliphatic heterocycles. The molecule has 0 spiro atoms. The van der Waals surface area contributed by atoms with E-state index in [1.54, 1.807) is 24.3 Å². The van der Waals surface area contributed by atoms with E-state index in [-0.39, 0.29) is 12.5 Å². The van der Waals surface area contributed by atoms with Gasteiger partial charge in [-0.15, -0.1) is 5.10 Å². The Hall–Kier alpha value is -2.33. The molecular formula is C17H19ClF3N5O2. The standard InChI is InChI=1S/C17H19ClF3N5O2/c1-24-15(17(19,20)21)23-26(16(24)28)13-6-8-25(9-7-13)10-14(27)22-12-4-2-11(18)3-5-12/h2-5,13H,6-10H2,1H3,(H,22,27). The molecule has 2 aromatic rings. The lowest BCUT2D eigenvalue weighted by Gasteiger charge is -2.30. The molecule has 1 N–H and O–H groups in total. The zero-order chi connectivity index (χ0) is 20.5. The zero-order valence-electron chi connectivity index (χ0n) is 15.0. The lowest BCUT2D eigenvalue weighted by atomic mass is 10.1. The number of nitrogens with zero attached hydrogens (tertiary/aromatic N) is 4. The number of piperidine rings is 1. The Balaban J connectivity index is 1.57. The number of nitrogens with one attached hydrogen (secondary N) is 1. The maximum Gasteiger partial charge on any atom is 0.451 e. The van der Waals surface area contributed by atoms with Gasteiger partial charge in [0.15, 0.2) is 0 Å². The first kappa shape index (κ1) is 20.4. The van der Waals surface area contributed by atoms with Crippen LogP contribution in [0.4, 0.5) is 18.9 Å². The van der Waals surface area contributed by atoms with E-state index >= 15 is 0 Å². The average molecular weight is 418 g/mol. The van der Waals surface area contributed by atoms with Gasteiger partial charge in [0.25, 0.3) is 0 Å². The number of hydrogen-bond donors (Lipinski definition) is 1. The molecule has 1 aliphatic rings. The second-order valence-corrected chi connectivity index (χ2v) is 7.11. The van der Waals surface area contributed by atoms with Gasteiger partial charge in [0, 0.05) is 30.8 Å². The lowest BCUT2D eigenvalue weighted by molar-refractivity contribution is -0.147. The largest absolute Gasteiger partial charge is 0.451 e. The first-order valence-electron chi connectivity index (χ1n) is 8.65. The third kappa shape index (κ3) is 4.56. The van der Waals surface area contributed by atoms with Crippen molar-refractivity contribution in [2.45, 2.75) is 25.1 Å². The predicted octanol–water partition coefficient (Wildman–Crippen LogP) is 2.53. The van der Waals surface area contributed by atoms with Crippen LogP contribution in [0.3, 0.4) is 0 Å². The number of benzene rings is 1. The number of likely N-dealkylation sites (tertiary alicyclic amines) is 1. The summed E-state index contributed by atoms with van der Waals surface area (Å²) in [7, 11) is 1.06. The second kappa shape index (κ2) is 7.96. The Kier molecular flexibility index (Phi) is 5.80. The maximum atomic E-state index is 12.9. The fourth-order valence-corrected chi connectivity index (χ4v) is 3.33. The van der Waals surface area contributed by atoms with E-state index in [0.717, 1.165) is 11.7 Å². The first-order chi connectivity index (χ1) is 13.1. The minimum Gasteiger partial charge on any atom is -0.325 e.